The maximum absolute atomic E-state index is 11.8. The molecule has 0 bridgehead atoms. The first-order chi connectivity index (χ1) is 17.9. The molecule has 0 aliphatic rings. The maximum Gasteiger partial charge on any atom is 0.306 e. The van der Waals surface area contributed by atoms with Gasteiger partial charge in [-0.1, -0.05) is 94.4 Å². The Morgan fingerprint density at radius 3 is 2.42 bits per heavy atom. The number of alkyl halides is 3. The van der Waals surface area contributed by atoms with Gasteiger partial charge < -0.3 is 13.5 Å². The zero-order valence-electron chi connectivity index (χ0n) is 21.0. The van der Waals surface area contributed by atoms with E-state index < -0.39 is 13.4 Å². The van der Waals surface area contributed by atoms with E-state index in [1.165, 1.54) is 0 Å². The fourth-order valence-electron chi connectivity index (χ4n) is 3.63. The first kappa shape index (κ1) is 30.6. The molecule has 5 nitrogen and oxygen atoms in total. The Labute approximate surface area is 251 Å². The standard InChI is InChI=1S/C28H28Br2ClNO4S2/c1-4-6-7-11-28(29,30)18-35-23-10-8-9-21(14-23)25-16-32(19-31)17-26(27(25)37)22-12-20(5-2)13-24(15-22)36-38(3,33)34/h5,7-17H,2,4,6,18-19H2,1,3H3. The molecule has 0 spiro atoms. The van der Waals surface area contributed by atoms with Crippen molar-refractivity contribution in [1.82, 2.24) is 4.57 Å². The number of halogens is 3. The lowest BCUT2D eigenvalue weighted by atomic mass is 9.99. The number of hydrogen-bond donors (Lipinski definition) is 0. The van der Waals surface area contributed by atoms with Crippen molar-refractivity contribution in [3.8, 4) is 33.8 Å². The van der Waals surface area contributed by atoms with Crippen molar-refractivity contribution in [2.45, 2.75) is 29.0 Å². The molecule has 0 saturated heterocycles. The quantitative estimate of drug-likeness (QED) is 0.0817. The van der Waals surface area contributed by atoms with E-state index in [4.69, 9.17) is 32.7 Å². The van der Waals surface area contributed by atoms with E-state index in [-0.39, 0.29) is 11.8 Å². The van der Waals surface area contributed by atoms with Crippen molar-refractivity contribution < 1.29 is 17.3 Å². The lowest BCUT2D eigenvalue weighted by molar-refractivity contribution is 0.324. The topological polar surface area (TPSA) is 57.5 Å². The molecule has 3 aromatic rings. The third-order valence-electron chi connectivity index (χ3n) is 5.33. The van der Waals surface area contributed by atoms with Crippen molar-refractivity contribution in [2.24, 2.45) is 0 Å². The van der Waals surface area contributed by atoms with E-state index in [1.807, 2.05) is 53.4 Å². The molecule has 0 aliphatic heterocycles. The monoisotopic (exact) mass is 699 g/mol. The minimum Gasteiger partial charge on any atom is -0.491 e. The SMILES string of the molecule is C=Cc1cc(OS(C)(=O)=O)cc(-c2cn(CCl)cc(-c3cccc(OCC(Br)(Br)C=CCCC)c3)c2=S)c1. The average Bonchev–Trinajstić information content (AvgIpc) is 2.86. The summed E-state index contributed by atoms with van der Waals surface area (Å²) in [6.07, 6.45) is 12.5. The lowest BCUT2D eigenvalue weighted by Gasteiger charge is -2.18. The highest BCUT2D eigenvalue weighted by atomic mass is 79.9. The van der Waals surface area contributed by atoms with Gasteiger partial charge in [0.05, 0.1) is 16.8 Å². The second kappa shape index (κ2) is 13.4. The van der Waals surface area contributed by atoms with Crippen molar-refractivity contribution in [1.29, 1.82) is 0 Å². The van der Waals surface area contributed by atoms with E-state index in [9.17, 15) is 8.42 Å². The van der Waals surface area contributed by atoms with Crippen molar-refractivity contribution >= 4 is 71.9 Å². The van der Waals surface area contributed by atoms with Crippen LogP contribution in [0.1, 0.15) is 25.3 Å². The molecule has 0 N–H and O–H groups in total. The first-order valence-electron chi connectivity index (χ1n) is 11.7. The Bertz CT molecular complexity index is 1500. The number of benzene rings is 2. The Balaban J connectivity index is 2.03. The van der Waals surface area contributed by atoms with Crippen LogP contribution in [0.4, 0.5) is 0 Å². The van der Waals surface area contributed by atoms with Gasteiger partial charge in [-0.15, -0.1) is 11.6 Å². The van der Waals surface area contributed by atoms with Gasteiger partial charge in [0.15, 0.2) is 0 Å². The molecule has 0 atom stereocenters. The molecule has 1 aromatic heterocycles. The van der Waals surface area contributed by atoms with Gasteiger partial charge in [0.1, 0.15) is 21.3 Å². The number of hydrogen-bond acceptors (Lipinski definition) is 5. The van der Waals surface area contributed by atoms with Gasteiger partial charge in [-0.2, -0.15) is 8.42 Å². The normalized spacial score (nSPS) is 12.0. The molecule has 38 heavy (non-hydrogen) atoms. The van der Waals surface area contributed by atoms with Crippen molar-refractivity contribution in [3.63, 3.8) is 0 Å². The zero-order valence-corrected chi connectivity index (χ0v) is 26.6. The van der Waals surface area contributed by atoms with E-state index in [0.717, 1.165) is 30.2 Å². The van der Waals surface area contributed by atoms with Crippen LogP contribution >= 0.6 is 55.7 Å². The highest BCUT2D eigenvalue weighted by molar-refractivity contribution is 9.25. The van der Waals surface area contributed by atoms with Gasteiger partial charge in [-0.05, 0) is 53.4 Å². The van der Waals surface area contributed by atoms with Gasteiger partial charge in [0, 0.05) is 23.5 Å². The van der Waals surface area contributed by atoms with Crippen LogP contribution < -0.4 is 8.92 Å². The van der Waals surface area contributed by atoms with Crippen LogP contribution in [0.3, 0.4) is 0 Å². The number of unbranched alkanes of at least 4 members (excludes halogenated alkanes) is 1. The summed E-state index contributed by atoms with van der Waals surface area (Å²) in [5.41, 5.74) is 3.71. The van der Waals surface area contributed by atoms with Crippen LogP contribution in [0.25, 0.3) is 28.3 Å². The van der Waals surface area contributed by atoms with E-state index in [1.54, 1.807) is 18.2 Å². The van der Waals surface area contributed by atoms with Crippen LogP contribution in [0, 0.1) is 4.51 Å². The van der Waals surface area contributed by atoms with E-state index in [0.29, 0.717) is 33.6 Å². The summed E-state index contributed by atoms with van der Waals surface area (Å²) in [4.78, 5) is 0. The Morgan fingerprint density at radius 2 is 1.79 bits per heavy atom. The lowest BCUT2D eigenvalue weighted by Crippen LogP contribution is -2.18. The minimum absolute atomic E-state index is 0.175. The number of nitrogens with zero attached hydrogens (tertiary/aromatic N) is 1. The zero-order chi connectivity index (χ0) is 27.9. The van der Waals surface area contributed by atoms with Crippen LogP contribution in [0.5, 0.6) is 11.5 Å². The first-order valence-corrected chi connectivity index (χ1v) is 16.1. The molecule has 0 saturated carbocycles. The summed E-state index contributed by atoms with van der Waals surface area (Å²) in [7, 11) is -3.71. The summed E-state index contributed by atoms with van der Waals surface area (Å²) < 4.78 is 36.6. The summed E-state index contributed by atoms with van der Waals surface area (Å²) >= 11 is 19.4. The predicted molar refractivity (Wildman–Crippen MR) is 168 cm³/mol. The molecule has 202 valence electrons. The number of aromatic nitrogens is 1. The molecular formula is C28H28Br2ClNO4S2. The fourth-order valence-corrected chi connectivity index (χ4v) is 5.16. The molecule has 2 aromatic carbocycles. The Kier molecular flexibility index (Phi) is 10.8. The molecular weight excluding hydrogens is 674 g/mol. The van der Waals surface area contributed by atoms with Crippen molar-refractivity contribution in [2.75, 3.05) is 12.9 Å². The average molecular weight is 702 g/mol. The summed E-state index contributed by atoms with van der Waals surface area (Å²) in [5, 5.41) is 0. The van der Waals surface area contributed by atoms with E-state index >= 15 is 0 Å². The Hall–Kier alpha value is -1.91. The van der Waals surface area contributed by atoms with Gasteiger partial charge in [-0.3, -0.25) is 0 Å². The van der Waals surface area contributed by atoms with E-state index in [2.05, 4.69) is 51.4 Å². The molecule has 10 heteroatoms. The highest BCUT2D eigenvalue weighted by Gasteiger charge is 2.20. The summed E-state index contributed by atoms with van der Waals surface area (Å²) in [6.45, 7) is 6.31. The van der Waals surface area contributed by atoms with Crippen molar-refractivity contribution in [3.05, 3.63) is 83.7 Å². The molecule has 3 rings (SSSR count). The predicted octanol–water partition coefficient (Wildman–Crippen LogP) is 8.95. The molecule has 0 unspecified atom stereocenters. The van der Waals surface area contributed by atoms with Gasteiger partial charge in [0.2, 0.25) is 0 Å². The largest absolute Gasteiger partial charge is 0.491 e. The highest BCUT2D eigenvalue weighted by Crippen LogP contribution is 2.35. The number of ether oxygens (including phenoxy) is 1. The van der Waals surface area contributed by atoms with Crippen LogP contribution in [-0.2, 0) is 16.1 Å². The van der Waals surface area contributed by atoms with Gasteiger partial charge >= 0.3 is 10.1 Å². The van der Waals surface area contributed by atoms with Crippen LogP contribution in [-0.4, -0.2) is 29.1 Å². The third kappa shape index (κ3) is 8.81. The number of pyridine rings is 1. The number of allylic oxidation sites excluding steroid dienone is 1. The van der Waals surface area contributed by atoms with Crippen LogP contribution in [0.15, 0.2) is 73.6 Å². The summed E-state index contributed by atoms with van der Waals surface area (Å²) in [6, 6.07) is 13.0. The summed E-state index contributed by atoms with van der Waals surface area (Å²) in [5.74, 6) is 0.859. The van der Waals surface area contributed by atoms with Gasteiger partial charge in [0.25, 0.3) is 0 Å². The fraction of sp³-hybridized carbons (Fsp3) is 0.250. The number of rotatable bonds is 12. The minimum atomic E-state index is -3.71. The maximum atomic E-state index is 11.8. The third-order valence-corrected chi connectivity index (χ3v) is 7.53. The smallest absolute Gasteiger partial charge is 0.306 e. The second-order valence-corrected chi connectivity index (χ2v) is 14.7. The Morgan fingerprint density at radius 1 is 1.11 bits per heavy atom. The molecule has 0 radical (unpaired) electrons. The molecule has 0 fully saturated rings. The molecule has 0 aliphatic carbocycles. The van der Waals surface area contributed by atoms with Gasteiger partial charge in [-0.25, -0.2) is 0 Å². The molecule has 1 heterocycles. The molecule has 0 amide bonds. The van der Waals surface area contributed by atoms with Crippen LogP contribution in [0.2, 0.25) is 0 Å². The second-order valence-electron chi connectivity index (χ2n) is 8.60.